The second kappa shape index (κ2) is 18.2. The molecule has 4 atom stereocenters. The summed E-state index contributed by atoms with van der Waals surface area (Å²) in [4.78, 5) is 0. The highest BCUT2D eigenvalue weighted by Gasteiger charge is 2.42. The number of aliphatic hydroxyl groups excluding tert-OH is 1. The fourth-order valence-electron chi connectivity index (χ4n) is 4.50. The molecule has 1 aliphatic rings. The molecular formula is C24H48N2O3S. The van der Waals surface area contributed by atoms with Gasteiger partial charge in [0.05, 0.1) is 18.8 Å². The van der Waals surface area contributed by atoms with Crippen LogP contribution in [0.1, 0.15) is 96.8 Å². The van der Waals surface area contributed by atoms with Gasteiger partial charge in [-0.05, 0) is 25.1 Å². The second-order valence-electron chi connectivity index (χ2n) is 8.89. The highest BCUT2D eigenvalue weighted by molar-refractivity contribution is 7.80. The number of thiocarbonyl (C=S) groups is 1. The normalized spacial score (nSPS) is 23.6. The van der Waals surface area contributed by atoms with Gasteiger partial charge in [-0.2, -0.15) is 0 Å². The van der Waals surface area contributed by atoms with Crippen LogP contribution < -0.4 is 10.6 Å². The van der Waals surface area contributed by atoms with Crippen LogP contribution in [0, 0.1) is 5.92 Å². The Hall–Kier alpha value is -0.430. The Morgan fingerprint density at radius 2 is 1.43 bits per heavy atom. The predicted molar refractivity (Wildman–Crippen MR) is 130 cm³/mol. The number of rotatable bonds is 18. The Morgan fingerprint density at radius 3 is 1.93 bits per heavy atom. The van der Waals surface area contributed by atoms with Gasteiger partial charge in [0.1, 0.15) is 6.10 Å². The van der Waals surface area contributed by atoms with Crippen molar-refractivity contribution in [1.82, 2.24) is 10.6 Å². The third-order valence-corrected chi connectivity index (χ3v) is 6.57. The lowest BCUT2D eigenvalue weighted by Crippen LogP contribution is -2.48. The Kier molecular flexibility index (Phi) is 16.7. The van der Waals surface area contributed by atoms with Gasteiger partial charge in [-0.25, -0.2) is 0 Å². The van der Waals surface area contributed by atoms with Crippen molar-refractivity contribution < 1.29 is 14.6 Å². The molecule has 3 N–H and O–H groups in total. The quantitative estimate of drug-likeness (QED) is 0.205. The maximum atomic E-state index is 10.4. The fraction of sp³-hybridized carbons (Fsp3) is 0.958. The van der Waals surface area contributed by atoms with Crippen LogP contribution in [0.15, 0.2) is 0 Å². The van der Waals surface area contributed by atoms with Crippen molar-refractivity contribution in [1.29, 1.82) is 0 Å². The summed E-state index contributed by atoms with van der Waals surface area (Å²) in [5.74, 6) is 0.0845. The summed E-state index contributed by atoms with van der Waals surface area (Å²) in [6.45, 7) is 3.72. The Bertz CT molecular complexity index is 425. The SMILES string of the molecule is CCCCCCCCCCCCCCCNC(=S)N[C@@H]1C[C@H](COC)[C@H](O)C1OC. The highest BCUT2D eigenvalue weighted by Crippen LogP contribution is 2.29. The van der Waals surface area contributed by atoms with E-state index in [-0.39, 0.29) is 18.1 Å². The van der Waals surface area contributed by atoms with E-state index in [0.29, 0.717) is 11.7 Å². The Labute approximate surface area is 191 Å². The molecule has 0 saturated heterocycles. The molecule has 178 valence electrons. The minimum absolute atomic E-state index is 0.0248. The van der Waals surface area contributed by atoms with Gasteiger partial charge in [-0.3, -0.25) is 0 Å². The van der Waals surface area contributed by atoms with Crippen LogP contribution in [0.25, 0.3) is 0 Å². The maximum Gasteiger partial charge on any atom is 0.166 e. The third-order valence-electron chi connectivity index (χ3n) is 6.31. The van der Waals surface area contributed by atoms with Crippen LogP contribution in [0.2, 0.25) is 0 Å². The molecule has 0 heterocycles. The molecule has 0 aliphatic heterocycles. The first kappa shape index (κ1) is 27.6. The summed E-state index contributed by atoms with van der Waals surface area (Å²) < 4.78 is 10.7. The molecule has 0 radical (unpaired) electrons. The molecule has 0 aromatic heterocycles. The van der Waals surface area contributed by atoms with E-state index in [1.165, 1.54) is 77.0 Å². The van der Waals surface area contributed by atoms with Gasteiger partial charge in [-0.1, -0.05) is 84.0 Å². The molecule has 0 amide bonds. The van der Waals surface area contributed by atoms with E-state index in [9.17, 15) is 5.11 Å². The molecule has 0 spiro atoms. The van der Waals surface area contributed by atoms with E-state index in [2.05, 4.69) is 17.6 Å². The number of hydrogen-bond acceptors (Lipinski definition) is 4. The van der Waals surface area contributed by atoms with E-state index in [4.69, 9.17) is 21.7 Å². The van der Waals surface area contributed by atoms with Crippen molar-refractivity contribution in [3.63, 3.8) is 0 Å². The monoisotopic (exact) mass is 444 g/mol. The highest BCUT2D eigenvalue weighted by atomic mass is 32.1. The Morgan fingerprint density at radius 1 is 0.900 bits per heavy atom. The lowest BCUT2D eigenvalue weighted by Gasteiger charge is -2.23. The molecule has 0 aromatic carbocycles. The molecule has 5 nitrogen and oxygen atoms in total. The lowest BCUT2D eigenvalue weighted by molar-refractivity contribution is -0.0273. The molecule has 1 aliphatic carbocycles. The molecule has 1 rings (SSSR count). The predicted octanol–water partition coefficient (Wildman–Crippen LogP) is 4.95. The van der Waals surface area contributed by atoms with E-state index < -0.39 is 6.10 Å². The van der Waals surface area contributed by atoms with E-state index >= 15 is 0 Å². The zero-order valence-corrected chi connectivity index (χ0v) is 20.6. The van der Waals surface area contributed by atoms with Crippen molar-refractivity contribution in [2.45, 2.75) is 115 Å². The first-order valence-electron chi connectivity index (χ1n) is 12.4. The largest absolute Gasteiger partial charge is 0.390 e. The fourth-order valence-corrected chi connectivity index (χ4v) is 4.75. The summed E-state index contributed by atoms with van der Waals surface area (Å²) in [5, 5.41) is 17.7. The van der Waals surface area contributed by atoms with Crippen molar-refractivity contribution in [3.05, 3.63) is 0 Å². The van der Waals surface area contributed by atoms with Crippen molar-refractivity contribution in [2.24, 2.45) is 5.92 Å². The van der Waals surface area contributed by atoms with Crippen molar-refractivity contribution >= 4 is 17.3 Å². The van der Waals surface area contributed by atoms with E-state index in [1.54, 1.807) is 14.2 Å². The van der Waals surface area contributed by atoms with Gasteiger partial charge in [0.15, 0.2) is 5.11 Å². The maximum absolute atomic E-state index is 10.4. The van der Waals surface area contributed by atoms with Gasteiger partial charge >= 0.3 is 0 Å². The smallest absolute Gasteiger partial charge is 0.166 e. The topological polar surface area (TPSA) is 62.8 Å². The average molecular weight is 445 g/mol. The summed E-state index contributed by atoms with van der Waals surface area (Å²) >= 11 is 5.44. The number of unbranched alkanes of at least 4 members (excludes halogenated alkanes) is 12. The molecule has 1 unspecified atom stereocenters. The number of aliphatic hydroxyl groups is 1. The van der Waals surface area contributed by atoms with Gasteiger partial charge in [0.2, 0.25) is 0 Å². The Balaban J connectivity index is 1.96. The molecule has 30 heavy (non-hydrogen) atoms. The van der Waals surface area contributed by atoms with Crippen LogP contribution in [-0.4, -0.2) is 55.8 Å². The second-order valence-corrected chi connectivity index (χ2v) is 9.30. The number of methoxy groups -OCH3 is 2. The summed E-state index contributed by atoms with van der Waals surface area (Å²) in [6.07, 6.45) is 17.8. The number of nitrogens with one attached hydrogen (secondary N) is 2. The molecule has 0 bridgehead atoms. The first-order valence-corrected chi connectivity index (χ1v) is 12.8. The van der Waals surface area contributed by atoms with Crippen LogP contribution in [0.4, 0.5) is 0 Å². The summed E-state index contributed by atoms with van der Waals surface area (Å²) in [5.41, 5.74) is 0. The first-order chi connectivity index (χ1) is 14.6. The molecule has 1 fully saturated rings. The zero-order valence-electron chi connectivity index (χ0n) is 19.8. The van der Waals surface area contributed by atoms with Gasteiger partial charge in [0.25, 0.3) is 0 Å². The van der Waals surface area contributed by atoms with E-state index in [0.717, 1.165) is 19.4 Å². The molecule has 6 heteroatoms. The molecule has 0 aromatic rings. The van der Waals surface area contributed by atoms with Gasteiger partial charge < -0.3 is 25.2 Å². The van der Waals surface area contributed by atoms with Crippen LogP contribution in [-0.2, 0) is 9.47 Å². The lowest BCUT2D eigenvalue weighted by atomic mass is 10.0. The van der Waals surface area contributed by atoms with Gasteiger partial charge in [-0.15, -0.1) is 0 Å². The van der Waals surface area contributed by atoms with Crippen LogP contribution in [0.5, 0.6) is 0 Å². The average Bonchev–Trinajstić information content (AvgIpc) is 3.02. The zero-order chi connectivity index (χ0) is 22.0. The minimum atomic E-state index is -0.517. The molecule has 1 saturated carbocycles. The summed E-state index contributed by atoms with van der Waals surface area (Å²) in [7, 11) is 3.30. The van der Waals surface area contributed by atoms with Gasteiger partial charge in [0, 0.05) is 26.7 Å². The van der Waals surface area contributed by atoms with Crippen LogP contribution in [0.3, 0.4) is 0 Å². The van der Waals surface area contributed by atoms with Crippen molar-refractivity contribution in [2.75, 3.05) is 27.4 Å². The number of ether oxygens (including phenoxy) is 2. The molecular weight excluding hydrogens is 396 g/mol. The van der Waals surface area contributed by atoms with Crippen molar-refractivity contribution in [3.8, 4) is 0 Å². The minimum Gasteiger partial charge on any atom is -0.390 e. The standard InChI is InChI=1S/C24H48N2O3S/c1-4-5-6-7-8-9-10-11-12-13-14-15-16-17-25-24(30)26-21-18-20(19-28-2)22(27)23(21)29-3/h20-23,27H,4-19H2,1-3H3,(H2,25,26,30)/t20-,21-,22+,23?/m1/s1. The van der Waals surface area contributed by atoms with Crippen LogP contribution >= 0.6 is 12.2 Å². The summed E-state index contributed by atoms with van der Waals surface area (Å²) in [6, 6.07) is 0.0248. The third kappa shape index (κ3) is 11.8. The number of hydrogen-bond donors (Lipinski definition) is 3. The van der Waals surface area contributed by atoms with E-state index in [1.807, 2.05) is 0 Å².